The molecular weight excluding hydrogens is 488 g/mol. The highest BCUT2D eigenvalue weighted by atomic mass is 35.5. The molecule has 0 bridgehead atoms. The van der Waals surface area contributed by atoms with Crippen molar-refractivity contribution in [2.45, 2.75) is 19.4 Å². The first-order valence-electron chi connectivity index (χ1n) is 12.8. The van der Waals surface area contributed by atoms with E-state index >= 15 is 0 Å². The number of carbonyl (C=O) groups is 1. The van der Waals surface area contributed by atoms with Crippen LogP contribution in [0.3, 0.4) is 0 Å². The second kappa shape index (κ2) is 14.0. The molecule has 3 aromatic carbocycles. The summed E-state index contributed by atoms with van der Waals surface area (Å²) in [5.41, 5.74) is 2.74. The minimum atomic E-state index is -0.0401. The molecule has 1 saturated heterocycles. The molecule has 1 aliphatic rings. The number of hydrogen-bond donors (Lipinski definition) is 0. The van der Waals surface area contributed by atoms with Gasteiger partial charge in [0.25, 0.3) is 5.91 Å². The number of benzene rings is 3. The third-order valence-corrected chi connectivity index (χ3v) is 6.76. The van der Waals surface area contributed by atoms with Crippen molar-refractivity contribution >= 4 is 17.5 Å². The molecule has 6 nitrogen and oxygen atoms in total. The van der Waals surface area contributed by atoms with Gasteiger partial charge in [-0.25, -0.2) is 0 Å². The van der Waals surface area contributed by atoms with Crippen LogP contribution in [-0.4, -0.2) is 68.8 Å². The van der Waals surface area contributed by atoms with E-state index in [1.165, 1.54) is 5.56 Å². The van der Waals surface area contributed by atoms with Crippen LogP contribution in [0.15, 0.2) is 72.8 Å². The van der Waals surface area contributed by atoms with E-state index in [-0.39, 0.29) is 5.91 Å². The predicted molar refractivity (Wildman–Crippen MR) is 147 cm³/mol. The largest absolute Gasteiger partial charge is 0.497 e. The van der Waals surface area contributed by atoms with Crippen molar-refractivity contribution in [3.05, 3.63) is 94.5 Å². The zero-order chi connectivity index (χ0) is 25.9. The highest BCUT2D eigenvalue weighted by Crippen LogP contribution is 2.27. The Balaban J connectivity index is 1.48. The van der Waals surface area contributed by atoms with Crippen LogP contribution in [0.2, 0.25) is 5.02 Å². The van der Waals surface area contributed by atoms with E-state index in [0.717, 1.165) is 62.8 Å². The van der Waals surface area contributed by atoms with Gasteiger partial charge < -0.3 is 19.1 Å². The monoisotopic (exact) mass is 522 g/mol. The van der Waals surface area contributed by atoms with Crippen LogP contribution in [0, 0.1) is 0 Å². The zero-order valence-electron chi connectivity index (χ0n) is 21.4. The molecule has 1 heterocycles. The summed E-state index contributed by atoms with van der Waals surface area (Å²) in [7, 11) is 1.65. The van der Waals surface area contributed by atoms with Crippen LogP contribution in [0.4, 0.5) is 0 Å². The summed E-state index contributed by atoms with van der Waals surface area (Å²) in [6.45, 7) is 6.09. The molecular formula is C30H35ClN2O4. The highest BCUT2D eigenvalue weighted by molar-refractivity contribution is 6.30. The molecule has 1 aliphatic heterocycles. The van der Waals surface area contributed by atoms with Crippen molar-refractivity contribution in [3.63, 3.8) is 0 Å². The number of carbonyl (C=O) groups excluding carboxylic acids is 1. The van der Waals surface area contributed by atoms with E-state index in [2.05, 4.69) is 17.0 Å². The Kier molecular flexibility index (Phi) is 10.2. The normalized spacial score (nSPS) is 13.8. The fourth-order valence-electron chi connectivity index (χ4n) is 4.36. The van der Waals surface area contributed by atoms with E-state index in [9.17, 15) is 4.79 Å². The van der Waals surface area contributed by atoms with Crippen molar-refractivity contribution in [1.29, 1.82) is 0 Å². The summed E-state index contributed by atoms with van der Waals surface area (Å²) < 4.78 is 17.1. The maximum Gasteiger partial charge on any atom is 0.254 e. The van der Waals surface area contributed by atoms with Gasteiger partial charge in [0.15, 0.2) is 0 Å². The minimum absolute atomic E-state index is 0.0401. The summed E-state index contributed by atoms with van der Waals surface area (Å²) in [5.74, 6) is 1.43. The second-order valence-electron chi connectivity index (χ2n) is 9.10. The average molecular weight is 523 g/mol. The maximum absolute atomic E-state index is 13.6. The van der Waals surface area contributed by atoms with Crippen LogP contribution in [0.1, 0.15) is 27.9 Å². The summed E-state index contributed by atoms with van der Waals surface area (Å²) in [5, 5.41) is 0.607. The van der Waals surface area contributed by atoms with Gasteiger partial charge in [0.05, 0.1) is 26.9 Å². The topological polar surface area (TPSA) is 51.2 Å². The average Bonchev–Trinajstić information content (AvgIpc) is 2.95. The number of amides is 1. The van der Waals surface area contributed by atoms with Gasteiger partial charge in [0.1, 0.15) is 11.5 Å². The molecule has 3 aromatic rings. The van der Waals surface area contributed by atoms with Crippen molar-refractivity contribution in [3.8, 4) is 11.5 Å². The number of hydrogen-bond acceptors (Lipinski definition) is 5. The Morgan fingerprint density at radius 3 is 2.51 bits per heavy atom. The Bertz CT molecular complexity index is 1120. The number of rotatable bonds is 12. The first-order chi connectivity index (χ1) is 18.1. The van der Waals surface area contributed by atoms with Gasteiger partial charge in [-0.15, -0.1) is 0 Å². The fraction of sp³-hybridized carbons (Fsp3) is 0.367. The molecule has 196 valence electrons. The number of halogens is 1. The Morgan fingerprint density at radius 2 is 1.78 bits per heavy atom. The molecule has 4 rings (SSSR count). The molecule has 1 fully saturated rings. The summed E-state index contributed by atoms with van der Waals surface area (Å²) in [4.78, 5) is 17.8. The molecule has 0 spiro atoms. The van der Waals surface area contributed by atoms with Crippen molar-refractivity contribution in [2.24, 2.45) is 0 Å². The molecule has 37 heavy (non-hydrogen) atoms. The van der Waals surface area contributed by atoms with E-state index in [4.69, 9.17) is 25.8 Å². The minimum Gasteiger partial charge on any atom is -0.497 e. The third-order valence-electron chi connectivity index (χ3n) is 6.51. The van der Waals surface area contributed by atoms with Crippen LogP contribution >= 0.6 is 11.6 Å². The molecule has 0 saturated carbocycles. The molecule has 0 radical (unpaired) electrons. The first-order valence-corrected chi connectivity index (χ1v) is 13.2. The van der Waals surface area contributed by atoms with Gasteiger partial charge >= 0.3 is 0 Å². The molecule has 0 aromatic heterocycles. The lowest BCUT2D eigenvalue weighted by Gasteiger charge is -2.27. The van der Waals surface area contributed by atoms with Crippen molar-refractivity contribution in [2.75, 3.05) is 53.1 Å². The van der Waals surface area contributed by atoms with Gasteiger partial charge in [-0.1, -0.05) is 41.9 Å². The number of ether oxygens (including phenoxy) is 3. The smallest absolute Gasteiger partial charge is 0.254 e. The lowest BCUT2D eigenvalue weighted by Crippen LogP contribution is -2.37. The maximum atomic E-state index is 13.6. The Labute approximate surface area is 224 Å². The molecule has 0 N–H and O–H groups in total. The first kappa shape index (κ1) is 27.0. The Morgan fingerprint density at radius 1 is 1.03 bits per heavy atom. The van der Waals surface area contributed by atoms with Gasteiger partial charge in [0, 0.05) is 54.9 Å². The van der Waals surface area contributed by atoms with E-state index in [1.54, 1.807) is 31.4 Å². The Hall–Kier alpha value is -3.06. The van der Waals surface area contributed by atoms with Gasteiger partial charge in [-0.2, -0.15) is 0 Å². The quantitative estimate of drug-likeness (QED) is 0.301. The zero-order valence-corrected chi connectivity index (χ0v) is 22.2. The van der Waals surface area contributed by atoms with Crippen LogP contribution < -0.4 is 9.47 Å². The molecule has 1 amide bonds. The van der Waals surface area contributed by atoms with Gasteiger partial charge in [-0.05, 0) is 54.8 Å². The summed E-state index contributed by atoms with van der Waals surface area (Å²) >= 11 is 6.06. The molecule has 0 unspecified atom stereocenters. The van der Waals surface area contributed by atoms with Crippen LogP contribution in [0.5, 0.6) is 11.5 Å². The van der Waals surface area contributed by atoms with Crippen LogP contribution in [-0.2, 0) is 17.7 Å². The van der Waals surface area contributed by atoms with Crippen molar-refractivity contribution in [1.82, 2.24) is 9.80 Å². The second-order valence-corrected chi connectivity index (χ2v) is 9.54. The van der Waals surface area contributed by atoms with Crippen LogP contribution in [0.25, 0.3) is 0 Å². The molecule has 7 heteroatoms. The van der Waals surface area contributed by atoms with E-state index in [0.29, 0.717) is 30.3 Å². The van der Waals surface area contributed by atoms with Gasteiger partial charge in [-0.3, -0.25) is 9.69 Å². The third kappa shape index (κ3) is 8.22. The van der Waals surface area contributed by atoms with Gasteiger partial charge in [0.2, 0.25) is 0 Å². The number of morpholine rings is 1. The lowest BCUT2D eigenvalue weighted by molar-refractivity contribution is 0.0357. The standard InChI is InChI=1S/C30H35ClN2O4/c1-35-28-13-10-26(29(22-28)37-19-5-15-32-17-20-36-21-18-32)23-33(16-14-24-6-3-2-4-7-24)30(34)25-8-11-27(31)12-9-25/h2-4,6-13,22H,5,14-21,23H2,1H3. The predicted octanol–water partition coefficient (Wildman–Crippen LogP) is 5.33. The van der Waals surface area contributed by atoms with Crippen molar-refractivity contribution < 1.29 is 19.0 Å². The molecule has 0 atom stereocenters. The van der Waals surface area contributed by atoms with E-state index < -0.39 is 0 Å². The number of methoxy groups -OCH3 is 1. The van der Waals surface area contributed by atoms with E-state index in [1.807, 2.05) is 41.3 Å². The fourth-order valence-corrected chi connectivity index (χ4v) is 4.49. The summed E-state index contributed by atoms with van der Waals surface area (Å²) in [6, 6.07) is 23.1. The highest BCUT2D eigenvalue weighted by Gasteiger charge is 2.19. The SMILES string of the molecule is COc1ccc(CN(CCc2ccccc2)C(=O)c2ccc(Cl)cc2)c(OCCCN2CCOCC2)c1. The number of nitrogens with zero attached hydrogens (tertiary/aromatic N) is 2. The lowest BCUT2D eigenvalue weighted by atomic mass is 10.1. The molecule has 0 aliphatic carbocycles. The summed E-state index contributed by atoms with van der Waals surface area (Å²) in [6.07, 6.45) is 1.67.